The lowest BCUT2D eigenvalue weighted by atomic mass is 9.73. The van der Waals surface area contributed by atoms with Crippen molar-refractivity contribution in [2.24, 2.45) is 0 Å². The van der Waals surface area contributed by atoms with E-state index in [1.807, 2.05) is 39.0 Å². The molecule has 33 heavy (non-hydrogen) atoms. The van der Waals surface area contributed by atoms with E-state index in [1.165, 1.54) is 19.2 Å². The molecule has 0 N–H and O–H groups in total. The molecule has 0 aliphatic carbocycles. The van der Waals surface area contributed by atoms with Crippen LogP contribution in [0.15, 0.2) is 48.5 Å². The van der Waals surface area contributed by atoms with E-state index >= 15 is 0 Å². The molecule has 0 saturated carbocycles. The van der Waals surface area contributed by atoms with E-state index in [0.29, 0.717) is 31.0 Å². The van der Waals surface area contributed by atoms with Crippen LogP contribution in [0.3, 0.4) is 0 Å². The molecule has 1 aliphatic rings. The summed E-state index contributed by atoms with van der Waals surface area (Å²) in [5.74, 6) is 0.550. The van der Waals surface area contributed by atoms with Gasteiger partial charge < -0.3 is 19.1 Å². The molecule has 1 saturated heterocycles. The maximum Gasteiger partial charge on any atom is 0.410 e. The van der Waals surface area contributed by atoms with Gasteiger partial charge in [0, 0.05) is 36.2 Å². The molecule has 0 aromatic heterocycles. The molecular weight excluding hydrogens is 424 g/mol. The number of nitro benzene ring substituents is 1. The monoisotopic (exact) mass is 456 g/mol. The van der Waals surface area contributed by atoms with Crippen molar-refractivity contribution in [1.29, 1.82) is 0 Å². The summed E-state index contributed by atoms with van der Waals surface area (Å²) in [5.41, 5.74) is 0.970. The molecule has 0 bridgehead atoms. The Bertz CT molecular complexity index is 963. The molecule has 8 heteroatoms. The van der Waals surface area contributed by atoms with E-state index in [2.05, 4.69) is 12.1 Å². The maximum absolute atomic E-state index is 12.5. The number of nitro groups is 1. The summed E-state index contributed by atoms with van der Waals surface area (Å²) in [5, 5.41) is 11.2. The predicted molar refractivity (Wildman–Crippen MR) is 124 cm³/mol. The highest BCUT2D eigenvalue weighted by molar-refractivity contribution is 5.68. The zero-order chi connectivity index (χ0) is 24.1. The van der Waals surface area contributed by atoms with E-state index in [1.54, 1.807) is 11.0 Å². The van der Waals surface area contributed by atoms with E-state index in [4.69, 9.17) is 14.2 Å². The number of rotatable bonds is 7. The van der Waals surface area contributed by atoms with Crippen LogP contribution in [-0.4, -0.2) is 48.3 Å². The van der Waals surface area contributed by atoms with Crippen molar-refractivity contribution in [3.63, 3.8) is 0 Å². The topological polar surface area (TPSA) is 91.1 Å². The number of ether oxygens (including phenoxy) is 3. The molecule has 0 unspecified atom stereocenters. The van der Waals surface area contributed by atoms with Crippen LogP contribution in [0.2, 0.25) is 0 Å². The van der Waals surface area contributed by atoms with Gasteiger partial charge in [-0.3, -0.25) is 10.1 Å². The van der Waals surface area contributed by atoms with Crippen molar-refractivity contribution in [3.05, 3.63) is 69.8 Å². The summed E-state index contributed by atoms with van der Waals surface area (Å²) in [4.78, 5) is 25.0. The first-order valence-corrected chi connectivity index (χ1v) is 11.1. The highest BCUT2D eigenvalue weighted by Crippen LogP contribution is 2.37. The fourth-order valence-electron chi connectivity index (χ4n) is 4.10. The summed E-state index contributed by atoms with van der Waals surface area (Å²) in [6.07, 6.45) is 1.15. The first-order valence-electron chi connectivity index (χ1n) is 11.1. The Hall–Kier alpha value is -3.13. The number of amides is 1. The smallest absolute Gasteiger partial charge is 0.410 e. The third-order valence-electron chi connectivity index (χ3n) is 5.87. The number of likely N-dealkylation sites (tertiary alicyclic amines) is 1. The summed E-state index contributed by atoms with van der Waals surface area (Å²) >= 11 is 0. The number of non-ortho nitro benzene ring substituents is 1. The molecule has 0 atom stereocenters. The van der Waals surface area contributed by atoms with Gasteiger partial charge in [-0.05, 0) is 45.2 Å². The minimum atomic E-state index is -0.536. The summed E-state index contributed by atoms with van der Waals surface area (Å²) in [6, 6.07) is 14.6. The lowest BCUT2D eigenvalue weighted by molar-refractivity contribution is -0.385. The Morgan fingerprint density at radius 2 is 1.79 bits per heavy atom. The van der Waals surface area contributed by atoms with E-state index < -0.39 is 10.5 Å². The van der Waals surface area contributed by atoms with Gasteiger partial charge in [-0.25, -0.2) is 4.79 Å². The van der Waals surface area contributed by atoms with Gasteiger partial charge in [0.1, 0.15) is 11.4 Å². The van der Waals surface area contributed by atoms with Gasteiger partial charge in [0.2, 0.25) is 0 Å². The molecule has 2 aromatic carbocycles. The molecule has 1 fully saturated rings. The molecule has 0 spiro atoms. The zero-order valence-electron chi connectivity index (χ0n) is 19.7. The van der Waals surface area contributed by atoms with Crippen LogP contribution >= 0.6 is 0 Å². The second kappa shape index (κ2) is 10.2. The van der Waals surface area contributed by atoms with Gasteiger partial charge in [-0.15, -0.1) is 0 Å². The van der Waals surface area contributed by atoms with Crippen LogP contribution in [0.1, 0.15) is 44.7 Å². The number of nitrogens with zero attached hydrogens (tertiary/aromatic N) is 2. The first-order chi connectivity index (χ1) is 15.6. The maximum atomic E-state index is 12.5. The van der Waals surface area contributed by atoms with Crippen LogP contribution in [-0.2, 0) is 21.5 Å². The molecular formula is C25H32N2O6. The second-order valence-corrected chi connectivity index (χ2v) is 9.36. The number of carbonyl (C=O) groups is 1. The Balaban J connectivity index is 1.73. The van der Waals surface area contributed by atoms with Crippen molar-refractivity contribution in [2.45, 2.75) is 51.2 Å². The van der Waals surface area contributed by atoms with Gasteiger partial charge >= 0.3 is 6.09 Å². The highest BCUT2D eigenvalue weighted by atomic mass is 16.6. The molecule has 2 aromatic rings. The lowest BCUT2D eigenvalue weighted by Gasteiger charge is -2.42. The fraction of sp³-hybridized carbons (Fsp3) is 0.480. The first kappa shape index (κ1) is 24.5. The highest BCUT2D eigenvalue weighted by Gasteiger charge is 2.38. The van der Waals surface area contributed by atoms with Crippen molar-refractivity contribution >= 4 is 11.8 Å². The number of carbonyl (C=O) groups excluding carboxylic acids is 1. The summed E-state index contributed by atoms with van der Waals surface area (Å²) in [7, 11) is 1.53. The van der Waals surface area contributed by atoms with Gasteiger partial charge in [0.05, 0.1) is 25.2 Å². The SMILES string of the molecule is COc1ccc([N+](=O)[O-])cc1COCC1(c2ccccc2)CCN(C(=O)OC(C)(C)C)CC1. The zero-order valence-corrected chi connectivity index (χ0v) is 19.7. The van der Waals surface area contributed by atoms with Crippen LogP contribution < -0.4 is 4.74 Å². The van der Waals surface area contributed by atoms with Gasteiger partial charge in [-0.2, -0.15) is 0 Å². The Kier molecular flexibility index (Phi) is 7.58. The quantitative estimate of drug-likeness (QED) is 0.426. The van der Waals surface area contributed by atoms with Gasteiger partial charge in [0.15, 0.2) is 0 Å². The van der Waals surface area contributed by atoms with Crippen LogP contribution in [0, 0.1) is 10.1 Å². The fourth-order valence-corrected chi connectivity index (χ4v) is 4.10. The predicted octanol–water partition coefficient (Wildman–Crippen LogP) is 5.09. The molecule has 1 heterocycles. The van der Waals surface area contributed by atoms with Gasteiger partial charge in [-0.1, -0.05) is 30.3 Å². The molecule has 0 radical (unpaired) electrons. The van der Waals surface area contributed by atoms with Crippen molar-refractivity contribution < 1.29 is 23.9 Å². The molecule has 3 rings (SSSR count). The number of piperidine rings is 1. The third kappa shape index (κ3) is 6.22. The van der Waals surface area contributed by atoms with Crippen LogP contribution in [0.25, 0.3) is 0 Å². The number of hydrogen-bond acceptors (Lipinski definition) is 6. The lowest BCUT2D eigenvalue weighted by Crippen LogP contribution is -2.48. The van der Waals surface area contributed by atoms with Crippen molar-refractivity contribution in [2.75, 3.05) is 26.8 Å². The number of benzene rings is 2. The Morgan fingerprint density at radius 1 is 1.12 bits per heavy atom. The van der Waals surface area contributed by atoms with Crippen LogP contribution in [0.5, 0.6) is 5.75 Å². The molecule has 8 nitrogen and oxygen atoms in total. The molecule has 1 aliphatic heterocycles. The van der Waals surface area contributed by atoms with Gasteiger partial charge in [0.25, 0.3) is 5.69 Å². The summed E-state index contributed by atoms with van der Waals surface area (Å²) < 4.78 is 17.0. The molecule has 1 amide bonds. The average molecular weight is 457 g/mol. The number of hydrogen-bond donors (Lipinski definition) is 0. The normalized spacial score (nSPS) is 15.7. The van der Waals surface area contributed by atoms with E-state index in [9.17, 15) is 14.9 Å². The third-order valence-corrected chi connectivity index (χ3v) is 5.87. The second-order valence-electron chi connectivity index (χ2n) is 9.36. The Morgan fingerprint density at radius 3 is 2.36 bits per heavy atom. The van der Waals surface area contributed by atoms with Crippen LogP contribution in [0.4, 0.5) is 10.5 Å². The summed E-state index contributed by atoms with van der Waals surface area (Å²) in [6.45, 7) is 7.32. The van der Waals surface area contributed by atoms with E-state index in [0.717, 1.165) is 18.4 Å². The largest absolute Gasteiger partial charge is 0.496 e. The standard InChI is InChI=1S/C25H32N2O6/c1-24(2,3)33-23(28)26-14-12-25(13-15-26,20-8-6-5-7-9-20)18-32-17-19-16-21(27(29)30)10-11-22(19)31-4/h5-11,16H,12-15,17-18H2,1-4H3. The Labute approximate surface area is 194 Å². The average Bonchev–Trinajstić information content (AvgIpc) is 2.78. The van der Waals surface area contributed by atoms with Crippen molar-refractivity contribution in [3.8, 4) is 5.75 Å². The molecule has 178 valence electrons. The van der Waals surface area contributed by atoms with Crippen molar-refractivity contribution in [1.82, 2.24) is 4.90 Å². The minimum Gasteiger partial charge on any atom is -0.496 e. The minimum absolute atomic E-state index is 0.00200. The number of methoxy groups -OCH3 is 1. The van der Waals surface area contributed by atoms with E-state index in [-0.39, 0.29) is 23.8 Å².